The van der Waals surface area contributed by atoms with Crippen molar-refractivity contribution in [2.75, 3.05) is 33.9 Å². The Bertz CT molecular complexity index is 338. The van der Waals surface area contributed by atoms with Gasteiger partial charge in [0.15, 0.2) is 0 Å². The van der Waals surface area contributed by atoms with Gasteiger partial charge >= 0.3 is 5.97 Å². The van der Waals surface area contributed by atoms with Crippen LogP contribution in [0, 0.1) is 0 Å². The van der Waals surface area contributed by atoms with Crippen LogP contribution in [-0.2, 0) is 24.5 Å². The van der Waals surface area contributed by atoms with Crippen molar-refractivity contribution in [3.05, 3.63) is 0 Å². The normalized spacial score (nSPS) is 17.2. The molecule has 0 aliphatic carbocycles. The zero-order valence-electron chi connectivity index (χ0n) is 9.30. The maximum Gasteiger partial charge on any atom is 0.306 e. The second-order valence-electron chi connectivity index (χ2n) is 3.50. The Balaban J connectivity index is 2.38. The SMILES string of the molecule is COC(=O)CCN(C)S(=O)(=O)NC1COC1. The van der Waals surface area contributed by atoms with E-state index < -0.39 is 16.2 Å². The monoisotopic (exact) mass is 252 g/mol. The zero-order chi connectivity index (χ0) is 12.2. The van der Waals surface area contributed by atoms with E-state index in [1.807, 2.05) is 0 Å². The third kappa shape index (κ3) is 3.71. The molecule has 1 rings (SSSR count). The zero-order valence-corrected chi connectivity index (χ0v) is 10.1. The van der Waals surface area contributed by atoms with Crippen LogP contribution in [0.1, 0.15) is 6.42 Å². The van der Waals surface area contributed by atoms with Crippen LogP contribution in [0.5, 0.6) is 0 Å². The van der Waals surface area contributed by atoms with Crippen LogP contribution in [-0.4, -0.2) is 58.7 Å². The number of ether oxygens (including phenoxy) is 2. The van der Waals surface area contributed by atoms with Crippen LogP contribution in [0.4, 0.5) is 0 Å². The van der Waals surface area contributed by atoms with Crippen LogP contribution in [0.15, 0.2) is 0 Å². The molecule has 1 aliphatic heterocycles. The summed E-state index contributed by atoms with van der Waals surface area (Å²) in [6.45, 7) is 0.879. The summed E-state index contributed by atoms with van der Waals surface area (Å²) >= 11 is 0. The summed E-state index contributed by atoms with van der Waals surface area (Å²) in [5, 5.41) is 0. The number of rotatable bonds is 6. The first-order chi connectivity index (χ1) is 7.45. The molecule has 0 atom stereocenters. The van der Waals surface area contributed by atoms with E-state index in [-0.39, 0.29) is 19.0 Å². The summed E-state index contributed by atoms with van der Waals surface area (Å²) in [7, 11) is -0.857. The van der Waals surface area contributed by atoms with Crippen molar-refractivity contribution in [1.82, 2.24) is 9.03 Å². The fourth-order valence-corrected chi connectivity index (χ4v) is 2.14. The summed E-state index contributed by atoms with van der Waals surface area (Å²) in [5.41, 5.74) is 0. The largest absolute Gasteiger partial charge is 0.469 e. The van der Waals surface area contributed by atoms with E-state index in [9.17, 15) is 13.2 Å². The average molecular weight is 252 g/mol. The Labute approximate surface area is 94.9 Å². The first kappa shape index (κ1) is 13.4. The average Bonchev–Trinajstić information content (AvgIpc) is 2.19. The molecule has 0 bridgehead atoms. The van der Waals surface area contributed by atoms with Gasteiger partial charge < -0.3 is 9.47 Å². The van der Waals surface area contributed by atoms with Crippen molar-refractivity contribution in [3.63, 3.8) is 0 Å². The lowest BCUT2D eigenvalue weighted by Crippen LogP contribution is -2.52. The Morgan fingerprint density at radius 2 is 2.19 bits per heavy atom. The van der Waals surface area contributed by atoms with E-state index in [1.165, 1.54) is 14.2 Å². The van der Waals surface area contributed by atoms with Crippen molar-refractivity contribution in [1.29, 1.82) is 0 Å². The van der Waals surface area contributed by atoms with E-state index >= 15 is 0 Å². The van der Waals surface area contributed by atoms with E-state index in [0.29, 0.717) is 13.2 Å². The second kappa shape index (κ2) is 5.58. The molecule has 1 saturated heterocycles. The molecule has 0 saturated carbocycles. The van der Waals surface area contributed by atoms with E-state index in [2.05, 4.69) is 9.46 Å². The molecule has 0 aromatic rings. The summed E-state index contributed by atoms with van der Waals surface area (Å²) in [4.78, 5) is 10.8. The summed E-state index contributed by atoms with van der Waals surface area (Å²) in [6, 6.07) is -0.162. The molecule has 0 unspecified atom stereocenters. The van der Waals surface area contributed by atoms with Crippen LogP contribution in [0.3, 0.4) is 0 Å². The Kier molecular flexibility index (Phi) is 4.66. The van der Waals surface area contributed by atoms with Gasteiger partial charge in [-0.1, -0.05) is 0 Å². The molecule has 1 aliphatic rings. The highest BCUT2D eigenvalue weighted by atomic mass is 32.2. The van der Waals surface area contributed by atoms with Crippen LogP contribution in [0.2, 0.25) is 0 Å². The fraction of sp³-hybridized carbons (Fsp3) is 0.875. The Morgan fingerprint density at radius 1 is 1.56 bits per heavy atom. The van der Waals surface area contributed by atoms with Crippen molar-refractivity contribution in [2.24, 2.45) is 0 Å². The molecule has 94 valence electrons. The minimum Gasteiger partial charge on any atom is -0.469 e. The lowest BCUT2D eigenvalue weighted by atomic mass is 10.3. The number of methoxy groups -OCH3 is 1. The number of hydrogen-bond acceptors (Lipinski definition) is 5. The van der Waals surface area contributed by atoms with Gasteiger partial charge in [-0.25, -0.2) is 0 Å². The molecule has 0 radical (unpaired) electrons. The molecule has 8 heteroatoms. The highest BCUT2D eigenvalue weighted by Crippen LogP contribution is 2.04. The van der Waals surface area contributed by atoms with Gasteiger partial charge in [-0.3, -0.25) is 4.79 Å². The number of hydrogen-bond donors (Lipinski definition) is 1. The van der Waals surface area contributed by atoms with Crippen molar-refractivity contribution in [3.8, 4) is 0 Å². The summed E-state index contributed by atoms with van der Waals surface area (Å²) in [6.07, 6.45) is 0.0368. The number of nitrogens with one attached hydrogen (secondary N) is 1. The maximum atomic E-state index is 11.6. The van der Waals surface area contributed by atoms with Gasteiger partial charge in [0.2, 0.25) is 0 Å². The predicted molar refractivity (Wildman–Crippen MR) is 55.9 cm³/mol. The van der Waals surface area contributed by atoms with Crippen LogP contribution < -0.4 is 4.72 Å². The van der Waals surface area contributed by atoms with Crippen LogP contribution >= 0.6 is 0 Å². The molecule has 0 amide bonds. The van der Waals surface area contributed by atoms with Crippen LogP contribution in [0.25, 0.3) is 0 Å². The molecular formula is C8H16N2O5S. The minimum absolute atomic E-state index is 0.0368. The van der Waals surface area contributed by atoms with E-state index in [1.54, 1.807) is 0 Å². The van der Waals surface area contributed by atoms with Gasteiger partial charge in [0, 0.05) is 13.6 Å². The molecule has 1 fully saturated rings. The maximum absolute atomic E-state index is 11.6. The molecule has 0 aromatic carbocycles. The van der Waals surface area contributed by atoms with Gasteiger partial charge in [-0.2, -0.15) is 17.4 Å². The first-order valence-electron chi connectivity index (χ1n) is 4.84. The highest BCUT2D eigenvalue weighted by molar-refractivity contribution is 7.87. The lowest BCUT2D eigenvalue weighted by Gasteiger charge is -2.28. The van der Waals surface area contributed by atoms with Crippen molar-refractivity contribution in [2.45, 2.75) is 12.5 Å². The Hall–Kier alpha value is -0.700. The smallest absolute Gasteiger partial charge is 0.306 e. The number of esters is 1. The number of carbonyl (C=O) groups is 1. The van der Waals surface area contributed by atoms with E-state index in [0.717, 1.165) is 4.31 Å². The molecule has 0 spiro atoms. The van der Waals surface area contributed by atoms with Gasteiger partial charge in [0.1, 0.15) is 0 Å². The topological polar surface area (TPSA) is 84.9 Å². The lowest BCUT2D eigenvalue weighted by molar-refractivity contribution is -0.140. The molecule has 16 heavy (non-hydrogen) atoms. The third-order valence-electron chi connectivity index (χ3n) is 2.22. The highest BCUT2D eigenvalue weighted by Gasteiger charge is 2.27. The summed E-state index contributed by atoms with van der Waals surface area (Å²) in [5.74, 6) is -0.436. The molecule has 1 heterocycles. The first-order valence-corrected chi connectivity index (χ1v) is 6.28. The van der Waals surface area contributed by atoms with Gasteiger partial charge in [0.25, 0.3) is 10.2 Å². The molecule has 7 nitrogen and oxygen atoms in total. The van der Waals surface area contributed by atoms with E-state index in [4.69, 9.17) is 4.74 Å². The molecule has 0 aromatic heterocycles. The van der Waals surface area contributed by atoms with Crippen molar-refractivity contribution < 1.29 is 22.7 Å². The predicted octanol–water partition coefficient (Wildman–Crippen LogP) is -1.29. The van der Waals surface area contributed by atoms with Gasteiger partial charge in [0.05, 0.1) is 32.8 Å². The Morgan fingerprint density at radius 3 is 2.62 bits per heavy atom. The quantitative estimate of drug-likeness (QED) is 0.595. The molecule has 1 N–H and O–H groups in total. The fourth-order valence-electron chi connectivity index (χ4n) is 1.08. The van der Waals surface area contributed by atoms with Gasteiger partial charge in [-0.05, 0) is 0 Å². The number of nitrogens with zero attached hydrogens (tertiary/aromatic N) is 1. The second-order valence-corrected chi connectivity index (χ2v) is 5.31. The van der Waals surface area contributed by atoms with Crippen molar-refractivity contribution >= 4 is 16.2 Å². The molecular weight excluding hydrogens is 236 g/mol. The standard InChI is InChI=1S/C8H16N2O5S/c1-10(4-3-8(11)14-2)16(12,13)9-7-5-15-6-7/h7,9H,3-6H2,1-2H3. The number of carbonyl (C=O) groups excluding carboxylic acids is 1. The minimum atomic E-state index is -3.53. The van der Waals surface area contributed by atoms with Gasteiger partial charge in [-0.15, -0.1) is 0 Å². The third-order valence-corrected chi connectivity index (χ3v) is 3.86. The summed E-state index contributed by atoms with van der Waals surface area (Å²) < 4.78 is 36.1.